The Labute approximate surface area is 73.9 Å². The van der Waals surface area contributed by atoms with Gasteiger partial charge >= 0.3 is 0 Å². The van der Waals surface area contributed by atoms with Crippen molar-refractivity contribution in [2.75, 3.05) is 14.2 Å². The molecule has 3 nitrogen and oxygen atoms in total. The molecule has 12 heavy (non-hydrogen) atoms. The molecule has 0 fully saturated rings. The highest BCUT2D eigenvalue weighted by Crippen LogP contribution is 2.22. The summed E-state index contributed by atoms with van der Waals surface area (Å²) >= 11 is 0. The van der Waals surface area contributed by atoms with E-state index in [1.54, 1.807) is 26.4 Å². The van der Waals surface area contributed by atoms with Crippen molar-refractivity contribution in [1.82, 2.24) is 0 Å². The number of rotatable bonds is 3. The number of hydrogen-bond donors (Lipinski definition) is 1. The molecular formula is C8H10O3Si. The molecule has 2 radical (unpaired) electrons. The van der Waals surface area contributed by atoms with E-state index in [1.807, 2.05) is 6.07 Å². The Morgan fingerprint density at radius 1 is 1.25 bits per heavy atom. The molecule has 1 rings (SSSR count). The molecule has 0 aliphatic carbocycles. The van der Waals surface area contributed by atoms with E-state index < -0.39 is 0 Å². The smallest absolute Gasteiger partial charge is 0.269 e. The summed E-state index contributed by atoms with van der Waals surface area (Å²) in [5.74, 6) is 1.26. The molecule has 0 heterocycles. The van der Waals surface area contributed by atoms with Crippen molar-refractivity contribution in [2.45, 2.75) is 0 Å². The van der Waals surface area contributed by atoms with Crippen LogP contribution in [0, 0.1) is 0 Å². The summed E-state index contributed by atoms with van der Waals surface area (Å²) in [6.45, 7) is 0. The highest BCUT2D eigenvalue weighted by Gasteiger charge is 2.08. The first-order chi connectivity index (χ1) is 5.83. The lowest BCUT2D eigenvalue weighted by Gasteiger charge is -2.09. The standard InChI is InChI=1S/C8H10O3Si/c1-10-6-4-3-5-7(12-9)8(6)11-2/h3-5,9H,1-2H3. The molecule has 0 aliphatic heterocycles. The van der Waals surface area contributed by atoms with Crippen molar-refractivity contribution < 1.29 is 14.3 Å². The predicted octanol–water partition coefficient (Wildman–Crippen LogP) is -0.0594. The third-order valence-corrected chi connectivity index (χ3v) is 2.16. The van der Waals surface area contributed by atoms with Gasteiger partial charge in [0, 0.05) is 5.19 Å². The van der Waals surface area contributed by atoms with E-state index in [0.717, 1.165) is 5.19 Å². The van der Waals surface area contributed by atoms with Crippen molar-refractivity contribution >= 4 is 14.9 Å². The molecule has 0 saturated heterocycles. The van der Waals surface area contributed by atoms with Gasteiger partial charge in [0.1, 0.15) is 0 Å². The summed E-state index contributed by atoms with van der Waals surface area (Å²) in [5, 5.41) is 0.761. The first-order valence-electron chi connectivity index (χ1n) is 3.44. The van der Waals surface area contributed by atoms with Crippen LogP contribution in [0.1, 0.15) is 0 Å². The molecule has 0 saturated carbocycles. The summed E-state index contributed by atoms with van der Waals surface area (Å²) in [4.78, 5) is 8.96. The van der Waals surface area contributed by atoms with Gasteiger partial charge in [-0.1, -0.05) is 12.1 Å². The van der Waals surface area contributed by atoms with E-state index in [-0.39, 0.29) is 9.76 Å². The molecular weight excluding hydrogens is 172 g/mol. The van der Waals surface area contributed by atoms with Gasteiger partial charge in [0.15, 0.2) is 11.5 Å². The normalized spacial score (nSPS) is 9.58. The van der Waals surface area contributed by atoms with E-state index in [2.05, 4.69) is 0 Å². The second kappa shape index (κ2) is 4.13. The van der Waals surface area contributed by atoms with Crippen molar-refractivity contribution in [3.63, 3.8) is 0 Å². The molecule has 1 aromatic carbocycles. The van der Waals surface area contributed by atoms with Crippen LogP contribution in [0.4, 0.5) is 0 Å². The number of methoxy groups -OCH3 is 2. The Bertz CT molecular complexity index is 240. The third-order valence-electron chi connectivity index (χ3n) is 1.52. The van der Waals surface area contributed by atoms with Gasteiger partial charge in [-0.15, -0.1) is 0 Å². The summed E-state index contributed by atoms with van der Waals surface area (Å²) in [7, 11) is 2.86. The zero-order chi connectivity index (χ0) is 8.97. The second-order valence-electron chi connectivity index (χ2n) is 2.15. The minimum Gasteiger partial charge on any atom is -0.493 e. The Balaban J connectivity index is 3.13. The van der Waals surface area contributed by atoms with Crippen LogP contribution in [-0.2, 0) is 0 Å². The molecule has 64 valence electrons. The molecule has 0 unspecified atom stereocenters. The Morgan fingerprint density at radius 2 is 2.00 bits per heavy atom. The molecule has 0 spiro atoms. The zero-order valence-electron chi connectivity index (χ0n) is 7.00. The van der Waals surface area contributed by atoms with Gasteiger partial charge in [0.2, 0.25) is 0 Å². The molecule has 0 aromatic heterocycles. The third kappa shape index (κ3) is 1.59. The molecule has 1 aromatic rings. The predicted molar refractivity (Wildman–Crippen MR) is 47.2 cm³/mol. The number of para-hydroxylation sites is 1. The highest BCUT2D eigenvalue weighted by molar-refractivity contribution is 6.47. The SMILES string of the molecule is COc1cccc([Si]O)c1OC. The lowest BCUT2D eigenvalue weighted by Crippen LogP contribution is -2.16. The van der Waals surface area contributed by atoms with Gasteiger partial charge in [-0.2, -0.15) is 0 Å². The van der Waals surface area contributed by atoms with Crippen LogP contribution in [0.5, 0.6) is 11.5 Å². The fraction of sp³-hybridized carbons (Fsp3) is 0.250. The number of benzene rings is 1. The van der Waals surface area contributed by atoms with Gasteiger partial charge in [-0.3, -0.25) is 0 Å². The first-order valence-corrected chi connectivity index (χ1v) is 4.39. The maximum atomic E-state index is 8.96. The Morgan fingerprint density at radius 3 is 2.50 bits per heavy atom. The second-order valence-corrected chi connectivity index (χ2v) is 2.92. The van der Waals surface area contributed by atoms with Gasteiger partial charge in [-0.25, -0.2) is 0 Å². The molecule has 4 heteroatoms. The van der Waals surface area contributed by atoms with Crippen LogP contribution in [-0.4, -0.2) is 28.8 Å². The average Bonchev–Trinajstić information content (AvgIpc) is 2.16. The molecule has 1 N–H and O–H groups in total. The van der Waals surface area contributed by atoms with Crippen LogP contribution in [0.2, 0.25) is 0 Å². The van der Waals surface area contributed by atoms with E-state index in [9.17, 15) is 0 Å². The highest BCUT2D eigenvalue weighted by atomic mass is 28.2. The topological polar surface area (TPSA) is 38.7 Å². The van der Waals surface area contributed by atoms with Gasteiger partial charge < -0.3 is 14.3 Å². The van der Waals surface area contributed by atoms with Crippen LogP contribution in [0.3, 0.4) is 0 Å². The van der Waals surface area contributed by atoms with Gasteiger partial charge in [-0.05, 0) is 6.07 Å². The first kappa shape index (κ1) is 9.09. The summed E-state index contributed by atoms with van der Waals surface area (Å²) in [5.41, 5.74) is 0. The maximum absolute atomic E-state index is 8.96. The minimum absolute atomic E-state index is 0.270. The summed E-state index contributed by atoms with van der Waals surface area (Å²) < 4.78 is 10.1. The van der Waals surface area contributed by atoms with Crippen LogP contribution >= 0.6 is 0 Å². The van der Waals surface area contributed by atoms with Crippen molar-refractivity contribution in [2.24, 2.45) is 0 Å². The summed E-state index contributed by atoms with van der Waals surface area (Å²) in [6, 6.07) is 5.42. The molecule has 0 aliphatic rings. The Hall–Kier alpha value is -1.00. The Kier molecular flexibility index (Phi) is 3.13. The van der Waals surface area contributed by atoms with Gasteiger partial charge in [0.25, 0.3) is 9.76 Å². The van der Waals surface area contributed by atoms with E-state index in [0.29, 0.717) is 11.5 Å². The van der Waals surface area contributed by atoms with Crippen molar-refractivity contribution in [3.8, 4) is 11.5 Å². The van der Waals surface area contributed by atoms with E-state index in [1.165, 1.54) is 0 Å². The number of hydrogen-bond acceptors (Lipinski definition) is 3. The van der Waals surface area contributed by atoms with Gasteiger partial charge in [0.05, 0.1) is 14.2 Å². The molecule has 0 amide bonds. The van der Waals surface area contributed by atoms with E-state index >= 15 is 0 Å². The lowest BCUT2D eigenvalue weighted by molar-refractivity contribution is 0.357. The lowest BCUT2D eigenvalue weighted by atomic mass is 10.3. The maximum Gasteiger partial charge on any atom is 0.269 e. The van der Waals surface area contributed by atoms with Crippen LogP contribution in [0.25, 0.3) is 0 Å². The van der Waals surface area contributed by atoms with Crippen LogP contribution in [0.15, 0.2) is 18.2 Å². The average molecular weight is 182 g/mol. The van der Waals surface area contributed by atoms with Crippen molar-refractivity contribution in [1.29, 1.82) is 0 Å². The largest absolute Gasteiger partial charge is 0.493 e. The van der Waals surface area contributed by atoms with E-state index in [4.69, 9.17) is 14.3 Å². The summed E-state index contributed by atoms with van der Waals surface area (Å²) in [6.07, 6.45) is 0. The molecule has 0 bridgehead atoms. The fourth-order valence-electron chi connectivity index (χ4n) is 0.975. The quantitative estimate of drug-likeness (QED) is 0.666. The monoisotopic (exact) mass is 182 g/mol. The number of ether oxygens (including phenoxy) is 2. The minimum atomic E-state index is -0.270. The van der Waals surface area contributed by atoms with Crippen LogP contribution < -0.4 is 14.7 Å². The fourth-order valence-corrected chi connectivity index (χ4v) is 1.47. The zero-order valence-corrected chi connectivity index (χ0v) is 8.00. The van der Waals surface area contributed by atoms with Crippen molar-refractivity contribution in [3.05, 3.63) is 18.2 Å². The molecule has 0 atom stereocenters.